The average Bonchev–Trinajstić information content (AvgIpc) is 2.92. The first-order valence-corrected chi connectivity index (χ1v) is 7.39. The summed E-state index contributed by atoms with van der Waals surface area (Å²) >= 11 is 0. The molecule has 106 valence electrons. The zero-order chi connectivity index (χ0) is 14.8. The van der Waals surface area contributed by atoms with Gasteiger partial charge in [-0.25, -0.2) is 17.8 Å². The van der Waals surface area contributed by atoms with E-state index >= 15 is 0 Å². The summed E-state index contributed by atoms with van der Waals surface area (Å²) in [4.78, 5) is 17.9. The summed E-state index contributed by atoms with van der Waals surface area (Å²) < 4.78 is 37.7. The average molecular weight is 296 g/mol. The number of nitrogens with one attached hydrogen (secondary N) is 1. The minimum atomic E-state index is -4.01. The Kier molecular flexibility index (Phi) is 3.99. The van der Waals surface area contributed by atoms with Crippen molar-refractivity contribution in [1.82, 2.24) is 9.97 Å². The van der Waals surface area contributed by atoms with E-state index in [1.807, 2.05) is 6.92 Å². The number of Topliss-reactive ketones (excluding diaryl/α,β-unsaturated/α-hetero) is 1. The molecule has 7 heteroatoms. The highest BCUT2D eigenvalue weighted by Gasteiger charge is 2.36. The van der Waals surface area contributed by atoms with Crippen LogP contribution in [0.25, 0.3) is 0 Å². The molecule has 0 bridgehead atoms. The van der Waals surface area contributed by atoms with Crippen molar-refractivity contribution in [3.63, 3.8) is 0 Å². The SMILES string of the molecule is Cc1ccc(S(=O)(=O)C(C(=O)CF)c2cnc[nH]2)cc1. The second kappa shape index (κ2) is 5.54. The Labute approximate surface area is 115 Å². The number of imidazole rings is 1. The van der Waals surface area contributed by atoms with Crippen molar-refractivity contribution in [2.75, 3.05) is 6.67 Å². The molecule has 1 atom stereocenters. The van der Waals surface area contributed by atoms with Gasteiger partial charge in [0.05, 0.1) is 16.9 Å². The highest BCUT2D eigenvalue weighted by Crippen LogP contribution is 2.28. The smallest absolute Gasteiger partial charge is 0.194 e. The minimum Gasteiger partial charge on any atom is -0.347 e. The summed E-state index contributed by atoms with van der Waals surface area (Å²) in [5, 5.41) is -1.60. The molecule has 0 aliphatic rings. The van der Waals surface area contributed by atoms with Crippen LogP contribution >= 0.6 is 0 Å². The van der Waals surface area contributed by atoms with Gasteiger partial charge in [0.1, 0.15) is 6.67 Å². The van der Waals surface area contributed by atoms with Crippen LogP contribution in [0, 0.1) is 6.92 Å². The van der Waals surface area contributed by atoms with Gasteiger partial charge < -0.3 is 4.98 Å². The first-order valence-electron chi connectivity index (χ1n) is 5.84. The maximum Gasteiger partial charge on any atom is 0.194 e. The number of carbonyl (C=O) groups is 1. The van der Waals surface area contributed by atoms with Crippen LogP contribution in [0.5, 0.6) is 0 Å². The zero-order valence-corrected chi connectivity index (χ0v) is 11.5. The Hall–Kier alpha value is -2.02. The summed E-state index contributed by atoms with van der Waals surface area (Å²) in [6, 6.07) is 6.05. The molecular weight excluding hydrogens is 283 g/mol. The number of hydrogen-bond donors (Lipinski definition) is 1. The molecule has 0 amide bonds. The molecule has 0 aliphatic heterocycles. The van der Waals surface area contributed by atoms with Gasteiger partial charge in [0.15, 0.2) is 20.9 Å². The minimum absolute atomic E-state index is 0.0236. The first-order chi connectivity index (χ1) is 9.46. The molecule has 0 fully saturated rings. The number of H-pyrrole nitrogens is 1. The Morgan fingerprint density at radius 3 is 2.50 bits per heavy atom. The lowest BCUT2D eigenvalue weighted by Crippen LogP contribution is -2.24. The van der Waals surface area contributed by atoms with E-state index in [0.29, 0.717) is 0 Å². The van der Waals surface area contributed by atoms with Crippen LogP contribution in [0.2, 0.25) is 0 Å². The number of hydrogen-bond acceptors (Lipinski definition) is 4. The largest absolute Gasteiger partial charge is 0.347 e. The topological polar surface area (TPSA) is 79.9 Å². The van der Waals surface area contributed by atoms with Gasteiger partial charge in [0.2, 0.25) is 0 Å². The second-order valence-corrected chi connectivity index (χ2v) is 6.38. The van der Waals surface area contributed by atoms with Gasteiger partial charge in [0.25, 0.3) is 0 Å². The van der Waals surface area contributed by atoms with E-state index in [1.165, 1.54) is 24.7 Å². The standard InChI is InChI=1S/C13H13FN2O3S/c1-9-2-4-10(5-3-9)20(18,19)13(12(17)6-14)11-7-15-8-16-11/h2-5,7-8,13H,6H2,1H3,(H,15,16). The predicted octanol–water partition coefficient (Wildman–Crippen LogP) is 1.77. The van der Waals surface area contributed by atoms with Gasteiger partial charge in [-0.15, -0.1) is 0 Å². The highest BCUT2D eigenvalue weighted by molar-refractivity contribution is 7.92. The molecule has 1 aromatic heterocycles. The fourth-order valence-corrected chi connectivity index (χ4v) is 3.52. The normalized spacial score (nSPS) is 13.1. The maximum absolute atomic E-state index is 12.7. The number of rotatable bonds is 5. The van der Waals surface area contributed by atoms with Gasteiger partial charge in [-0.1, -0.05) is 17.7 Å². The van der Waals surface area contributed by atoms with E-state index < -0.39 is 27.5 Å². The third kappa shape index (κ3) is 2.62. The fourth-order valence-electron chi connectivity index (χ4n) is 1.86. The fraction of sp³-hybridized carbons (Fsp3) is 0.231. The van der Waals surface area contributed by atoms with Gasteiger partial charge in [-0.3, -0.25) is 4.79 Å². The van der Waals surface area contributed by atoms with Crippen LogP contribution in [0.1, 0.15) is 16.5 Å². The summed E-state index contributed by atoms with van der Waals surface area (Å²) in [6.45, 7) is 0.463. The van der Waals surface area contributed by atoms with E-state index in [-0.39, 0.29) is 10.6 Å². The molecule has 2 rings (SSSR count). The predicted molar refractivity (Wildman–Crippen MR) is 70.7 cm³/mol. The van der Waals surface area contributed by atoms with Crippen LogP contribution < -0.4 is 0 Å². The van der Waals surface area contributed by atoms with Crippen molar-refractivity contribution < 1.29 is 17.6 Å². The van der Waals surface area contributed by atoms with Crippen LogP contribution in [0.15, 0.2) is 41.7 Å². The summed E-state index contributed by atoms with van der Waals surface area (Å²) in [5.74, 6) is -1.02. The first kappa shape index (κ1) is 14.4. The van der Waals surface area contributed by atoms with E-state index in [4.69, 9.17) is 0 Å². The van der Waals surface area contributed by atoms with Crippen LogP contribution in [-0.4, -0.2) is 30.8 Å². The number of benzene rings is 1. The Bertz CT molecular complexity index is 694. The lowest BCUT2D eigenvalue weighted by Gasteiger charge is -2.14. The van der Waals surface area contributed by atoms with Gasteiger partial charge in [-0.2, -0.15) is 0 Å². The van der Waals surface area contributed by atoms with Crippen molar-refractivity contribution in [3.8, 4) is 0 Å². The lowest BCUT2D eigenvalue weighted by molar-refractivity contribution is -0.119. The number of aromatic nitrogens is 2. The monoisotopic (exact) mass is 296 g/mol. The van der Waals surface area contributed by atoms with Gasteiger partial charge >= 0.3 is 0 Å². The van der Waals surface area contributed by atoms with Crippen molar-refractivity contribution in [2.24, 2.45) is 0 Å². The Morgan fingerprint density at radius 2 is 2.00 bits per heavy atom. The quantitative estimate of drug-likeness (QED) is 0.912. The second-order valence-electron chi connectivity index (χ2n) is 4.34. The van der Waals surface area contributed by atoms with Crippen molar-refractivity contribution in [1.29, 1.82) is 0 Å². The van der Waals surface area contributed by atoms with E-state index in [2.05, 4.69) is 9.97 Å². The molecular formula is C13H13FN2O3S. The van der Waals surface area contributed by atoms with Crippen LogP contribution in [0.3, 0.4) is 0 Å². The summed E-state index contributed by atoms with van der Waals surface area (Å²) in [5.41, 5.74) is 0.951. The Morgan fingerprint density at radius 1 is 1.35 bits per heavy atom. The number of ketones is 1. The lowest BCUT2D eigenvalue weighted by atomic mass is 10.2. The van der Waals surface area contributed by atoms with Crippen molar-refractivity contribution in [2.45, 2.75) is 17.1 Å². The molecule has 0 saturated heterocycles. The number of halogens is 1. The van der Waals surface area contributed by atoms with E-state index in [9.17, 15) is 17.6 Å². The van der Waals surface area contributed by atoms with Gasteiger partial charge in [0, 0.05) is 6.20 Å². The van der Waals surface area contributed by atoms with Crippen LogP contribution in [-0.2, 0) is 14.6 Å². The van der Waals surface area contributed by atoms with Crippen LogP contribution in [0.4, 0.5) is 4.39 Å². The van der Waals surface area contributed by atoms with Gasteiger partial charge in [-0.05, 0) is 19.1 Å². The molecule has 5 nitrogen and oxygen atoms in total. The van der Waals surface area contributed by atoms with E-state index in [1.54, 1.807) is 12.1 Å². The molecule has 0 spiro atoms. The number of sulfone groups is 1. The molecule has 0 saturated carbocycles. The molecule has 20 heavy (non-hydrogen) atoms. The van der Waals surface area contributed by atoms with Crippen molar-refractivity contribution in [3.05, 3.63) is 48.0 Å². The Balaban J connectivity index is 2.53. The third-order valence-electron chi connectivity index (χ3n) is 2.89. The molecule has 1 unspecified atom stereocenters. The molecule has 1 aromatic carbocycles. The summed E-state index contributed by atoms with van der Waals surface area (Å²) in [6.07, 6.45) is 2.46. The van der Waals surface area contributed by atoms with Crippen molar-refractivity contribution >= 4 is 15.6 Å². The number of carbonyl (C=O) groups excluding carboxylic acids is 1. The maximum atomic E-state index is 12.7. The molecule has 2 aromatic rings. The molecule has 1 heterocycles. The molecule has 0 radical (unpaired) electrons. The van der Waals surface area contributed by atoms with E-state index in [0.717, 1.165) is 5.56 Å². The molecule has 0 aliphatic carbocycles. The number of aryl methyl sites for hydroxylation is 1. The number of nitrogens with zero attached hydrogens (tertiary/aromatic N) is 1. The zero-order valence-electron chi connectivity index (χ0n) is 10.7. The third-order valence-corrected chi connectivity index (χ3v) is 4.95. The number of alkyl halides is 1. The number of aromatic amines is 1. The molecule has 1 N–H and O–H groups in total. The highest BCUT2D eigenvalue weighted by atomic mass is 32.2. The summed E-state index contributed by atoms with van der Waals surface area (Å²) in [7, 11) is -4.01.